The maximum atomic E-state index is 11.1. The lowest BCUT2D eigenvalue weighted by Crippen LogP contribution is -2.67. The molecular formula is C11H25NO12. The van der Waals surface area contributed by atoms with Crippen molar-refractivity contribution in [1.82, 2.24) is 5.32 Å². The summed E-state index contributed by atoms with van der Waals surface area (Å²) in [7, 11) is 0. The number of nitrogens with one attached hydrogen (secondary N) is 1. The van der Waals surface area contributed by atoms with Gasteiger partial charge in [-0.15, -0.1) is 0 Å². The lowest BCUT2D eigenvalue weighted by atomic mass is 9.88. The number of aliphatic carboxylic acids is 1. The lowest BCUT2D eigenvalue weighted by Gasteiger charge is -2.44. The van der Waals surface area contributed by atoms with Crippen LogP contribution < -0.4 is 5.32 Å². The molecule has 0 aromatic rings. The van der Waals surface area contributed by atoms with Crippen LogP contribution in [-0.2, 0) is 14.3 Å². The summed E-state index contributed by atoms with van der Waals surface area (Å²) in [6.45, 7) is 0.256. The highest BCUT2D eigenvalue weighted by molar-refractivity contribution is 5.76. The Morgan fingerprint density at radius 2 is 1.79 bits per heavy atom. The Balaban J connectivity index is -0.00000147. The molecule has 13 heteroatoms. The molecule has 146 valence electrons. The molecule has 0 saturated carbocycles. The first-order chi connectivity index (χ1) is 9.62. The first kappa shape index (κ1) is 27.4. The van der Waals surface area contributed by atoms with Gasteiger partial charge in [-0.1, -0.05) is 0 Å². The summed E-state index contributed by atoms with van der Waals surface area (Å²) in [6, 6.07) is -1.27. The summed E-state index contributed by atoms with van der Waals surface area (Å²) < 4.78 is 4.86. The zero-order valence-electron chi connectivity index (χ0n) is 12.7. The van der Waals surface area contributed by atoms with Gasteiger partial charge in [-0.2, -0.15) is 0 Å². The van der Waals surface area contributed by atoms with Crippen molar-refractivity contribution in [3.05, 3.63) is 0 Å². The smallest absolute Gasteiger partial charge is 0.364 e. The second-order valence-electron chi connectivity index (χ2n) is 4.91. The van der Waals surface area contributed by atoms with Gasteiger partial charge in [0.05, 0.1) is 18.8 Å². The number of carboxylic acid groups (broad SMARTS) is 1. The van der Waals surface area contributed by atoms with Crippen LogP contribution in [0.25, 0.3) is 0 Å². The van der Waals surface area contributed by atoms with Crippen LogP contribution in [0.3, 0.4) is 0 Å². The van der Waals surface area contributed by atoms with Gasteiger partial charge in [0, 0.05) is 13.3 Å². The molecule has 1 heterocycles. The number of hydrogen-bond acceptors (Lipinski definition) is 8. The van der Waals surface area contributed by atoms with Gasteiger partial charge in [0.25, 0.3) is 5.79 Å². The molecule has 0 aromatic heterocycles. The van der Waals surface area contributed by atoms with Crippen LogP contribution in [0.15, 0.2) is 0 Å². The first-order valence-corrected chi connectivity index (χ1v) is 6.18. The summed E-state index contributed by atoms with van der Waals surface area (Å²) in [5.41, 5.74) is 0. The normalized spacial score (nSPS) is 31.3. The van der Waals surface area contributed by atoms with Gasteiger partial charge >= 0.3 is 5.97 Å². The van der Waals surface area contributed by atoms with E-state index in [2.05, 4.69) is 5.32 Å². The van der Waals surface area contributed by atoms with Gasteiger partial charge in [-0.25, -0.2) is 4.79 Å². The fourth-order valence-corrected chi connectivity index (χ4v) is 2.14. The van der Waals surface area contributed by atoms with Gasteiger partial charge in [-0.05, 0) is 0 Å². The third-order valence-electron chi connectivity index (χ3n) is 3.21. The molecule has 1 aliphatic heterocycles. The van der Waals surface area contributed by atoms with Crippen LogP contribution in [0.4, 0.5) is 0 Å². The van der Waals surface area contributed by atoms with Crippen molar-refractivity contribution in [1.29, 1.82) is 0 Å². The summed E-state index contributed by atoms with van der Waals surface area (Å²) >= 11 is 0. The second kappa shape index (κ2) is 10.4. The van der Waals surface area contributed by atoms with Crippen molar-refractivity contribution >= 4 is 11.9 Å². The average molecular weight is 363 g/mol. The number of carbonyl (C=O) groups excluding carboxylic acids is 1. The molecule has 1 amide bonds. The van der Waals surface area contributed by atoms with E-state index in [4.69, 9.17) is 14.9 Å². The maximum absolute atomic E-state index is 11.1. The summed E-state index contributed by atoms with van der Waals surface area (Å²) in [6.07, 6.45) is -7.48. The second-order valence-corrected chi connectivity index (χ2v) is 4.91. The van der Waals surface area contributed by atoms with Crippen molar-refractivity contribution in [3.8, 4) is 0 Å². The molecule has 0 spiro atoms. The van der Waals surface area contributed by atoms with Gasteiger partial charge < -0.3 is 57.1 Å². The van der Waals surface area contributed by atoms with Crippen LogP contribution in [-0.4, -0.2) is 102 Å². The fourth-order valence-electron chi connectivity index (χ4n) is 2.14. The van der Waals surface area contributed by atoms with Crippen LogP contribution >= 0.6 is 0 Å². The van der Waals surface area contributed by atoms with Crippen molar-refractivity contribution in [2.75, 3.05) is 6.61 Å². The number of carboxylic acids is 1. The Labute approximate surface area is 136 Å². The quantitative estimate of drug-likeness (QED) is 0.244. The van der Waals surface area contributed by atoms with E-state index in [1.165, 1.54) is 0 Å². The molecule has 6 atom stereocenters. The summed E-state index contributed by atoms with van der Waals surface area (Å²) in [5, 5.41) is 59.0. The molecular weight excluding hydrogens is 338 g/mol. The Morgan fingerprint density at radius 3 is 2.17 bits per heavy atom. The van der Waals surface area contributed by atoms with Crippen LogP contribution in [0.1, 0.15) is 13.3 Å². The monoisotopic (exact) mass is 363 g/mol. The number of aliphatic hydroxyl groups is 5. The molecule has 1 rings (SSSR count). The van der Waals surface area contributed by atoms with E-state index in [0.717, 1.165) is 6.92 Å². The topological polar surface area (TPSA) is 271 Å². The van der Waals surface area contributed by atoms with E-state index in [0.29, 0.717) is 0 Å². The van der Waals surface area contributed by atoms with Gasteiger partial charge in [-0.3, -0.25) is 4.79 Å². The number of carbonyl (C=O) groups is 2. The molecule has 1 fully saturated rings. The Hall–Kier alpha value is -1.42. The Bertz CT molecular complexity index is 406. The van der Waals surface area contributed by atoms with Gasteiger partial charge in [0.15, 0.2) is 0 Å². The zero-order chi connectivity index (χ0) is 16.4. The zero-order valence-corrected chi connectivity index (χ0v) is 12.7. The fraction of sp³-hybridized carbons (Fsp3) is 0.818. The SMILES string of the molecule is CC(=O)N[C@H]1[C@H]([C@H](O)[C@H](O)CO)OC(O)(C(=O)O)C[C@@H]1O.O.O.O. The number of hydrogen-bond donors (Lipinski definition) is 7. The molecule has 13 nitrogen and oxygen atoms in total. The highest BCUT2D eigenvalue weighted by atomic mass is 16.7. The third kappa shape index (κ3) is 5.90. The summed E-state index contributed by atoms with van der Waals surface area (Å²) in [5.74, 6) is -5.17. The van der Waals surface area contributed by atoms with E-state index in [9.17, 15) is 30.0 Å². The molecule has 24 heavy (non-hydrogen) atoms. The van der Waals surface area contributed by atoms with Gasteiger partial charge in [0.1, 0.15) is 18.3 Å². The number of aliphatic hydroxyl groups excluding tert-OH is 4. The predicted molar refractivity (Wildman–Crippen MR) is 75.6 cm³/mol. The van der Waals surface area contributed by atoms with Crippen molar-refractivity contribution in [2.45, 2.75) is 49.6 Å². The van der Waals surface area contributed by atoms with Crippen LogP contribution in [0, 0.1) is 0 Å². The highest BCUT2D eigenvalue weighted by Crippen LogP contribution is 2.30. The predicted octanol–water partition coefficient (Wildman–Crippen LogP) is -6.35. The Kier molecular flexibility index (Phi) is 11.9. The van der Waals surface area contributed by atoms with E-state index in [1.807, 2.05) is 0 Å². The van der Waals surface area contributed by atoms with Crippen molar-refractivity contribution in [3.63, 3.8) is 0 Å². The molecule has 1 saturated heterocycles. The minimum absolute atomic E-state index is 0. The third-order valence-corrected chi connectivity index (χ3v) is 3.21. The minimum Gasteiger partial charge on any atom is -0.477 e. The molecule has 0 aromatic carbocycles. The first-order valence-electron chi connectivity index (χ1n) is 6.18. The van der Waals surface area contributed by atoms with Crippen molar-refractivity contribution in [2.24, 2.45) is 0 Å². The van der Waals surface area contributed by atoms with Crippen LogP contribution in [0.5, 0.6) is 0 Å². The molecule has 0 aliphatic carbocycles. The minimum atomic E-state index is -2.78. The molecule has 1 aliphatic rings. The standard InChI is InChI=1S/C11H19NO9.3H2O/c1-4(14)12-7-5(15)2-11(20,10(18)19)21-9(7)8(17)6(16)3-13;;;/h5-9,13,15-17,20H,2-3H2,1H3,(H,12,14)(H,18,19);3*1H2/t5-,6+,7+,8+,9+,11?;;;/m0.../s1. The van der Waals surface area contributed by atoms with Crippen LogP contribution in [0.2, 0.25) is 0 Å². The Morgan fingerprint density at radius 1 is 1.29 bits per heavy atom. The molecule has 13 N–H and O–H groups in total. The molecule has 0 radical (unpaired) electrons. The number of rotatable bonds is 5. The van der Waals surface area contributed by atoms with Gasteiger partial charge in [0.2, 0.25) is 5.91 Å². The highest BCUT2D eigenvalue weighted by Gasteiger charge is 2.53. The van der Waals surface area contributed by atoms with E-state index >= 15 is 0 Å². The van der Waals surface area contributed by atoms with E-state index in [-0.39, 0.29) is 16.4 Å². The number of amides is 1. The van der Waals surface area contributed by atoms with E-state index < -0.39 is 61.1 Å². The largest absolute Gasteiger partial charge is 0.477 e. The maximum Gasteiger partial charge on any atom is 0.364 e. The van der Waals surface area contributed by atoms with Crippen molar-refractivity contribution < 1.29 is 61.4 Å². The average Bonchev–Trinajstić information content (AvgIpc) is 2.39. The van der Waals surface area contributed by atoms with E-state index in [1.54, 1.807) is 0 Å². The number of ether oxygens (including phenoxy) is 1. The summed E-state index contributed by atoms with van der Waals surface area (Å²) in [4.78, 5) is 22.1. The lowest BCUT2D eigenvalue weighted by molar-refractivity contribution is -0.295. The molecule has 1 unspecified atom stereocenters. The molecule has 0 bridgehead atoms.